The van der Waals surface area contributed by atoms with Crippen LogP contribution in [-0.2, 0) is 11.2 Å². The van der Waals surface area contributed by atoms with Gasteiger partial charge in [-0.2, -0.15) is 0 Å². The normalized spacial score (nSPS) is 11.7. The van der Waals surface area contributed by atoms with Gasteiger partial charge in [0.1, 0.15) is 11.5 Å². The molecule has 0 saturated carbocycles. The molecule has 27 heavy (non-hydrogen) atoms. The van der Waals surface area contributed by atoms with Crippen LogP contribution in [0.4, 0.5) is 0 Å². The average Bonchev–Trinajstić information content (AvgIpc) is 3.09. The number of rotatable bonds is 7. The molecule has 140 valence electrons. The zero-order valence-corrected chi connectivity index (χ0v) is 16.4. The van der Waals surface area contributed by atoms with E-state index in [4.69, 9.17) is 9.47 Å². The summed E-state index contributed by atoms with van der Waals surface area (Å²) in [6, 6.07) is 15.5. The molecule has 0 aliphatic heterocycles. The van der Waals surface area contributed by atoms with E-state index in [1.165, 1.54) is 18.3 Å². The van der Waals surface area contributed by atoms with Gasteiger partial charge < -0.3 is 14.8 Å². The Morgan fingerprint density at radius 2 is 1.89 bits per heavy atom. The summed E-state index contributed by atoms with van der Waals surface area (Å²) < 4.78 is 11.8. The molecule has 6 heteroatoms. The van der Waals surface area contributed by atoms with Crippen LogP contribution in [0.2, 0.25) is 0 Å². The lowest BCUT2D eigenvalue weighted by Gasteiger charge is -2.13. The summed E-state index contributed by atoms with van der Waals surface area (Å²) in [6.45, 7) is 5.55. The van der Waals surface area contributed by atoms with Gasteiger partial charge in [0, 0.05) is 6.92 Å². The molecule has 0 spiro atoms. The van der Waals surface area contributed by atoms with Gasteiger partial charge in [-0.1, -0.05) is 37.3 Å². The Kier molecular flexibility index (Phi) is 6.08. The van der Waals surface area contributed by atoms with Crippen LogP contribution in [0.1, 0.15) is 37.9 Å². The number of thiazole rings is 1. The molecule has 3 rings (SSSR count). The highest BCUT2D eigenvalue weighted by molar-refractivity contribution is 7.15. The maximum atomic E-state index is 11.2. The van der Waals surface area contributed by atoms with Crippen molar-refractivity contribution in [1.82, 2.24) is 10.3 Å². The Labute approximate surface area is 163 Å². The molecule has 0 bridgehead atoms. The molecule has 1 amide bonds. The van der Waals surface area contributed by atoms with Crippen LogP contribution in [0.15, 0.2) is 54.7 Å². The number of amides is 1. The molecule has 2 aromatic carbocycles. The zero-order valence-electron chi connectivity index (χ0n) is 15.6. The topological polar surface area (TPSA) is 60.5 Å². The smallest absolute Gasteiger partial charge is 0.282 e. The Morgan fingerprint density at radius 1 is 1.15 bits per heavy atom. The number of nitrogens with zero attached hydrogens (tertiary/aromatic N) is 1. The van der Waals surface area contributed by atoms with E-state index in [1.54, 1.807) is 6.20 Å². The molecular formula is C21H22N2O3S. The number of nitrogens with one attached hydrogen (secondary N) is 1. The predicted molar refractivity (Wildman–Crippen MR) is 107 cm³/mol. The number of carbonyl (C=O) groups excluding carboxylic acids is 1. The second-order valence-electron chi connectivity index (χ2n) is 6.10. The fraction of sp³-hybridized carbons (Fsp3) is 0.238. The average molecular weight is 382 g/mol. The van der Waals surface area contributed by atoms with E-state index in [0.29, 0.717) is 16.0 Å². The van der Waals surface area contributed by atoms with Gasteiger partial charge >= 0.3 is 0 Å². The van der Waals surface area contributed by atoms with Crippen molar-refractivity contribution >= 4 is 17.2 Å². The summed E-state index contributed by atoms with van der Waals surface area (Å²) in [5.41, 5.74) is 2.15. The predicted octanol–water partition coefficient (Wildman–Crippen LogP) is 5.49. The molecule has 1 unspecified atom stereocenters. The summed E-state index contributed by atoms with van der Waals surface area (Å²) in [5.74, 6) is 1.47. The number of carbonyl (C=O) groups is 1. The minimum Gasteiger partial charge on any atom is -0.445 e. The van der Waals surface area contributed by atoms with Crippen molar-refractivity contribution in [3.63, 3.8) is 0 Å². The Bertz CT molecular complexity index is 906. The van der Waals surface area contributed by atoms with Gasteiger partial charge in [-0.25, -0.2) is 4.98 Å². The maximum absolute atomic E-state index is 11.2. The highest BCUT2D eigenvalue weighted by Gasteiger charge is 2.10. The van der Waals surface area contributed by atoms with E-state index < -0.39 is 0 Å². The van der Waals surface area contributed by atoms with Gasteiger partial charge in [0.2, 0.25) is 11.0 Å². The number of ether oxygens (including phenoxy) is 2. The second-order valence-corrected chi connectivity index (χ2v) is 7.06. The second kappa shape index (κ2) is 8.68. The Hall–Kier alpha value is -2.86. The molecule has 0 fully saturated rings. The number of hydrogen-bond acceptors (Lipinski definition) is 5. The van der Waals surface area contributed by atoms with Crippen LogP contribution in [0, 0.1) is 0 Å². The van der Waals surface area contributed by atoms with Gasteiger partial charge in [0.25, 0.3) is 5.19 Å². The van der Waals surface area contributed by atoms with E-state index in [2.05, 4.69) is 17.2 Å². The highest BCUT2D eigenvalue weighted by Crippen LogP contribution is 2.35. The quantitative estimate of drug-likeness (QED) is 0.587. The standard InChI is InChI=1S/C21H22N2O3S/c1-4-16-7-5-6-8-19(16)26-21-22-13-20(27-21)25-18-11-9-17(10-12-18)14(2)23-15(3)24/h5-14H,4H2,1-3H3,(H,23,24). The van der Waals surface area contributed by atoms with Crippen molar-refractivity contribution in [3.8, 4) is 21.8 Å². The molecule has 1 aromatic heterocycles. The van der Waals surface area contributed by atoms with Crippen molar-refractivity contribution in [2.24, 2.45) is 0 Å². The summed E-state index contributed by atoms with van der Waals surface area (Å²) in [6.07, 6.45) is 2.55. The third-order valence-corrected chi connectivity index (χ3v) is 4.79. The SMILES string of the molecule is CCc1ccccc1Oc1ncc(Oc2ccc(C(C)NC(C)=O)cc2)s1. The van der Waals surface area contributed by atoms with Gasteiger partial charge in [-0.05, 0) is 54.0 Å². The van der Waals surface area contributed by atoms with E-state index in [0.717, 1.165) is 23.3 Å². The van der Waals surface area contributed by atoms with Crippen molar-refractivity contribution in [2.75, 3.05) is 0 Å². The van der Waals surface area contributed by atoms with Crippen molar-refractivity contribution in [2.45, 2.75) is 33.2 Å². The summed E-state index contributed by atoms with van der Waals surface area (Å²) in [4.78, 5) is 15.4. The van der Waals surface area contributed by atoms with E-state index in [-0.39, 0.29) is 11.9 Å². The molecule has 1 atom stereocenters. The molecule has 0 aliphatic rings. The molecule has 0 saturated heterocycles. The Morgan fingerprint density at radius 3 is 2.59 bits per heavy atom. The largest absolute Gasteiger partial charge is 0.445 e. The van der Waals surface area contributed by atoms with Gasteiger partial charge in [0.15, 0.2) is 0 Å². The lowest BCUT2D eigenvalue weighted by Crippen LogP contribution is -2.23. The lowest BCUT2D eigenvalue weighted by molar-refractivity contribution is -0.119. The van der Waals surface area contributed by atoms with E-state index in [1.807, 2.05) is 55.5 Å². The Balaban J connectivity index is 1.64. The summed E-state index contributed by atoms with van der Waals surface area (Å²) in [5, 5.41) is 4.06. The van der Waals surface area contributed by atoms with E-state index in [9.17, 15) is 4.79 Å². The third kappa shape index (κ3) is 5.08. The molecule has 3 aromatic rings. The highest BCUT2D eigenvalue weighted by atomic mass is 32.1. The summed E-state index contributed by atoms with van der Waals surface area (Å²) in [7, 11) is 0. The van der Waals surface area contributed by atoms with Crippen LogP contribution in [0.25, 0.3) is 0 Å². The molecular weight excluding hydrogens is 360 g/mol. The molecule has 0 aliphatic carbocycles. The van der Waals surface area contributed by atoms with Crippen LogP contribution in [0.3, 0.4) is 0 Å². The van der Waals surface area contributed by atoms with Crippen LogP contribution >= 0.6 is 11.3 Å². The van der Waals surface area contributed by atoms with Crippen LogP contribution in [-0.4, -0.2) is 10.9 Å². The number of aromatic nitrogens is 1. The van der Waals surface area contributed by atoms with Crippen LogP contribution in [0.5, 0.6) is 21.8 Å². The molecule has 0 radical (unpaired) electrons. The van der Waals surface area contributed by atoms with E-state index >= 15 is 0 Å². The first-order valence-corrected chi connectivity index (χ1v) is 9.63. The fourth-order valence-electron chi connectivity index (χ4n) is 2.66. The number of aryl methyl sites for hydroxylation is 1. The third-order valence-electron chi connectivity index (χ3n) is 4.03. The van der Waals surface area contributed by atoms with Crippen molar-refractivity contribution in [3.05, 3.63) is 65.9 Å². The number of hydrogen-bond donors (Lipinski definition) is 1. The first kappa shape index (κ1) is 18.9. The fourth-order valence-corrected chi connectivity index (χ4v) is 3.31. The zero-order chi connectivity index (χ0) is 19.2. The lowest BCUT2D eigenvalue weighted by atomic mass is 10.1. The molecule has 1 heterocycles. The summed E-state index contributed by atoms with van der Waals surface area (Å²) >= 11 is 1.35. The maximum Gasteiger partial charge on any atom is 0.282 e. The van der Waals surface area contributed by atoms with Gasteiger partial charge in [0.05, 0.1) is 12.2 Å². The minimum absolute atomic E-state index is 0.0430. The van der Waals surface area contributed by atoms with Crippen molar-refractivity contribution in [1.29, 1.82) is 0 Å². The van der Waals surface area contributed by atoms with Crippen molar-refractivity contribution < 1.29 is 14.3 Å². The minimum atomic E-state index is -0.0512. The molecule has 5 nitrogen and oxygen atoms in total. The van der Waals surface area contributed by atoms with Gasteiger partial charge in [-0.3, -0.25) is 4.79 Å². The molecule has 1 N–H and O–H groups in total. The first-order chi connectivity index (χ1) is 13.0. The monoisotopic (exact) mass is 382 g/mol. The number of benzene rings is 2. The van der Waals surface area contributed by atoms with Crippen LogP contribution < -0.4 is 14.8 Å². The van der Waals surface area contributed by atoms with Gasteiger partial charge in [-0.15, -0.1) is 0 Å². The first-order valence-electron chi connectivity index (χ1n) is 8.81. The number of para-hydroxylation sites is 1.